The Morgan fingerprint density at radius 3 is 2.58 bits per heavy atom. The van der Waals surface area contributed by atoms with Gasteiger partial charge in [0.15, 0.2) is 0 Å². The smallest absolute Gasteiger partial charge is 0.241 e. The van der Waals surface area contributed by atoms with Crippen LogP contribution in [0.1, 0.15) is 30.0 Å². The van der Waals surface area contributed by atoms with Crippen LogP contribution < -0.4 is 9.62 Å². The van der Waals surface area contributed by atoms with Crippen molar-refractivity contribution >= 4 is 21.6 Å². The van der Waals surface area contributed by atoms with Crippen LogP contribution in [0.25, 0.3) is 0 Å². The normalized spacial score (nSPS) is 16.6. The van der Waals surface area contributed by atoms with Crippen LogP contribution in [-0.4, -0.2) is 27.1 Å². The Labute approximate surface area is 152 Å². The standard InChI is InChI=1S/C19H21FN2O3S/c1-26(24,25)22(16-11-9-15(20)10-12-16)13-19(23)21-18-8-4-6-14-5-2-3-7-17(14)18/h2-3,5,7,9-12,18H,4,6,8,13H2,1H3,(H,21,23)/t18-/m1/s1. The zero-order valence-corrected chi connectivity index (χ0v) is 15.3. The second-order valence-electron chi connectivity index (χ2n) is 6.46. The summed E-state index contributed by atoms with van der Waals surface area (Å²) in [6, 6.07) is 12.9. The van der Waals surface area contributed by atoms with E-state index in [4.69, 9.17) is 0 Å². The lowest BCUT2D eigenvalue weighted by Gasteiger charge is -2.28. The largest absolute Gasteiger partial charge is 0.348 e. The first-order chi connectivity index (χ1) is 12.3. The molecule has 26 heavy (non-hydrogen) atoms. The van der Waals surface area contributed by atoms with E-state index < -0.39 is 15.8 Å². The summed E-state index contributed by atoms with van der Waals surface area (Å²) < 4.78 is 38.3. The summed E-state index contributed by atoms with van der Waals surface area (Å²) in [6.45, 7) is -0.344. The Hall–Kier alpha value is -2.41. The van der Waals surface area contributed by atoms with Gasteiger partial charge in [0.05, 0.1) is 18.0 Å². The highest BCUT2D eigenvalue weighted by Gasteiger charge is 2.25. The fraction of sp³-hybridized carbons (Fsp3) is 0.316. The fourth-order valence-corrected chi connectivity index (χ4v) is 4.14. The van der Waals surface area contributed by atoms with Crippen molar-refractivity contribution in [1.82, 2.24) is 5.32 Å². The van der Waals surface area contributed by atoms with Crippen LogP contribution in [0, 0.1) is 5.82 Å². The first-order valence-corrected chi connectivity index (χ1v) is 10.3. The molecular weight excluding hydrogens is 355 g/mol. The van der Waals surface area contributed by atoms with E-state index in [-0.39, 0.29) is 24.2 Å². The van der Waals surface area contributed by atoms with Gasteiger partial charge >= 0.3 is 0 Å². The van der Waals surface area contributed by atoms with E-state index in [0.29, 0.717) is 0 Å². The molecule has 0 spiro atoms. The molecule has 0 radical (unpaired) electrons. The van der Waals surface area contributed by atoms with Gasteiger partial charge in [-0.25, -0.2) is 12.8 Å². The Morgan fingerprint density at radius 2 is 1.88 bits per heavy atom. The summed E-state index contributed by atoms with van der Waals surface area (Å²) in [7, 11) is -3.68. The lowest BCUT2D eigenvalue weighted by molar-refractivity contribution is -0.120. The molecule has 0 fully saturated rings. The quantitative estimate of drug-likeness (QED) is 0.873. The number of benzene rings is 2. The molecule has 0 saturated heterocycles. The summed E-state index contributed by atoms with van der Waals surface area (Å²) >= 11 is 0. The van der Waals surface area contributed by atoms with Gasteiger partial charge in [-0.05, 0) is 54.7 Å². The van der Waals surface area contributed by atoms with Crippen molar-refractivity contribution in [1.29, 1.82) is 0 Å². The van der Waals surface area contributed by atoms with Crippen molar-refractivity contribution < 1.29 is 17.6 Å². The van der Waals surface area contributed by atoms with Crippen LogP contribution >= 0.6 is 0 Å². The first-order valence-electron chi connectivity index (χ1n) is 8.45. The number of rotatable bonds is 5. The van der Waals surface area contributed by atoms with Gasteiger partial charge in [0, 0.05) is 0 Å². The highest BCUT2D eigenvalue weighted by atomic mass is 32.2. The number of carbonyl (C=O) groups is 1. The number of hydrogen-bond acceptors (Lipinski definition) is 3. The van der Waals surface area contributed by atoms with E-state index in [2.05, 4.69) is 11.4 Å². The molecular formula is C19H21FN2O3S. The topological polar surface area (TPSA) is 66.5 Å². The fourth-order valence-electron chi connectivity index (χ4n) is 3.28. The zero-order chi connectivity index (χ0) is 18.7. The number of nitrogens with one attached hydrogen (secondary N) is 1. The monoisotopic (exact) mass is 376 g/mol. The number of hydrogen-bond donors (Lipinski definition) is 1. The molecule has 7 heteroatoms. The van der Waals surface area contributed by atoms with Crippen LogP contribution in [0.2, 0.25) is 0 Å². The Kier molecular flexibility index (Phi) is 5.27. The summed E-state index contributed by atoms with van der Waals surface area (Å²) in [5.41, 5.74) is 2.55. The van der Waals surface area contributed by atoms with Gasteiger partial charge in [-0.15, -0.1) is 0 Å². The molecule has 1 aliphatic rings. The van der Waals surface area contributed by atoms with Crippen molar-refractivity contribution in [3.63, 3.8) is 0 Å². The number of aryl methyl sites for hydroxylation is 1. The molecule has 0 aromatic heterocycles. The minimum absolute atomic E-state index is 0.123. The van der Waals surface area contributed by atoms with Crippen LogP contribution in [-0.2, 0) is 21.2 Å². The van der Waals surface area contributed by atoms with E-state index in [1.54, 1.807) is 0 Å². The molecule has 0 unspecified atom stereocenters. The Bertz CT molecular complexity index is 897. The average Bonchev–Trinajstić information content (AvgIpc) is 2.60. The van der Waals surface area contributed by atoms with Crippen molar-refractivity contribution in [3.8, 4) is 0 Å². The number of nitrogens with zero attached hydrogens (tertiary/aromatic N) is 1. The molecule has 0 aliphatic heterocycles. The number of halogens is 1. The SMILES string of the molecule is CS(=O)(=O)N(CC(=O)N[C@@H]1CCCc2ccccc21)c1ccc(F)cc1. The highest BCUT2D eigenvalue weighted by molar-refractivity contribution is 7.92. The molecule has 1 aliphatic carbocycles. The maximum absolute atomic E-state index is 13.1. The number of sulfonamides is 1. The number of fused-ring (bicyclic) bond motifs is 1. The zero-order valence-electron chi connectivity index (χ0n) is 14.5. The molecule has 2 aromatic carbocycles. The number of amides is 1. The molecule has 2 aromatic rings. The summed E-state index contributed by atoms with van der Waals surface area (Å²) in [5, 5.41) is 2.94. The predicted molar refractivity (Wildman–Crippen MR) is 98.9 cm³/mol. The van der Waals surface area contributed by atoms with Crippen molar-refractivity contribution in [3.05, 3.63) is 65.5 Å². The summed E-state index contributed by atoms with van der Waals surface area (Å²) in [4.78, 5) is 12.5. The van der Waals surface area contributed by atoms with E-state index in [9.17, 15) is 17.6 Å². The van der Waals surface area contributed by atoms with Crippen molar-refractivity contribution in [2.75, 3.05) is 17.1 Å². The molecule has 0 heterocycles. The van der Waals surface area contributed by atoms with Gasteiger partial charge in [-0.2, -0.15) is 0 Å². The molecule has 0 saturated carbocycles. The second kappa shape index (κ2) is 7.45. The third kappa shape index (κ3) is 4.22. The Morgan fingerprint density at radius 1 is 1.19 bits per heavy atom. The summed E-state index contributed by atoms with van der Waals surface area (Å²) in [6.07, 6.45) is 3.79. The third-order valence-electron chi connectivity index (χ3n) is 4.51. The van der Waals surface area contributed by atoms with Crippen LogP contribution in [0.15, 0.2) is 48.5 Å². The summed E-state index contributed by atoms with van der Waals surface area (Å²) in [5.74, 6) is -0.855. The van der Waals surface area contributed by atoms with Crippen LogP contribution in [0.5, 0.6) is 0 Å². The predicted octanol–water partition coefficient (Wildman–Crippen LogP) is 2.79. The number of carbonyl (C=O) groups excluding carboxylic acids is 1. The van der Waals surface area contributed by atoms with E-state index >= 15 is 0 Å². The van der Waals surface area contributed by atoms with E-state index in [1.807, 2.05) is 18.2 Å². The molecule has 138 valence electrons. The molecule has 1 atom stereocenters. The van der Waals surface area contributed by atoms with E-state index in [1.165, 1.54) is 29.8 Å². The van der Waals surface area contributed by atoms with Gasteiger partial charge in [0.25, 0.3) is 0 Å². The van der Waals surface area contributed by atoms with Crippen LogP contribution in [0.3, 0.4) is 0 Å². The van der Waals surface area contributed by atoms with Gasteiger partial charge in [-0.3, -0.25) is 9.10 Å². The minimum atomic E-state index is -3.68. The molecule has 5 nitrogen and oxygen atoms in total. The van der Waals surface area contributed by atoms with Crippen LogP contribution in [0.4, 0.5) is 10.1 Å². The molecule has 1 amide bonds. The number of anilines is 1. The maximum atomic E-state index is 13.1. The second-order valence-corrected chi connectivity index (χ2v) is 8.36. The molecule has 1 N–H and O–H groups in total. The lowest BCUT2D eigenvalue weighted by Crippen LogP contribution is -2.42. The molecule has 3 rings (SSSR count). The first kappa shape index (κ1) is 18.4. The van der Waals surface area contributed by atoms with E-state index in [0.717, 1.165) is 35.4 Å². The molecule has 0 bridgehead atoms. The Balaban J connectivity index is 1.76. The van der Waals surface area contributed by atoms with Gasteiger partial charge in [-0.1, -0.05) is 24.3 Å². The highest BCUT2D eigenvalue weighted by Crippen LogP contribution is 2.29. The van der Waals surface area contributed by atoms with Gasteiger partial charge in [0.2, 0.25) is 15.9 Å². The maximum Gasteiger partial charge on any atom is 0.241 e. The lowest BCUT2D eigenvalue weighted by atomic mass is 9.88. The minimum Gasteiger partial charge on any atom is -0.348 e. The van der Waals surface area contributed by atoms with Crippen molar-refractivity contribution in [2.24, 2.45) is 0 Å². The average molecular weight is 376 g/mol. The van der Waals surface area contributed by atoms with Crippen molar-refractivity contribution in [2.45, 2.75) is 25.3 Å². The van der Waals surface area contributed by atoms with Gasteiger partial charge in [0.1, 0.15) is 12.4 Å². The van der Waals surface area contributed by atoms with Gasteiger partial charge < -0.3 is 5.32 Å². The third-order valence-corrected chi connectivity index (χ3v) is 5.65.